The Hall–Kier alpha value is -2.37. The first-order chi connectivity index (χ1) is 7.18. The Bertz CT molecular complexity index is 507. The predicted octanol–water partition coefficient (Wildman–Crippen LogP) is 0.232. The molecule has 1 aromatic carbocycles. The fourth-order valence-corrected chi connectivity index (χ4v) is 1.23. The van der Waals surface area contributed by atoms with Crippen LogP contribution < -0.4 is 10.4 Å². The fraction of sp³-hybridized carbons (Fsp3) is 0. The van der Waals surface area contributed by atoms with Gasteiger partial charge in [-0.1, -0.05) is 12.1 Å². The highest BCUT2D eigenvalue weighted by Crippen LogP contribution is 2.08. The van der Waals surface area contributed by atoms with Gasteiger partial charge in [-0.15, -0.1) is 0 Å². The topological polar surface area (TPSA) is 93.2 Å². The van der Waals surface area contributed by atoms with Crippen molar-refractivity contribution in [3.05, 3.63) is 36.0 Å². The van der Waals surface area contributed by atoms with Crippen LogP contribution >= 0.6 is 0 Å². The van der Waals surface area contributed by atoms with E-state index < -0.39 is 5.97 Å². The van der Waals surface area contributed by atoms with Gasteiger partial charge in [0.1, 0.15) is 5.56 Å². The van der Waals surface area contributed by atoms with Crippen LogP contribution in [0.4, 0.5) is 5.88 Å². The van der Waals surface area contributed by atoms with Crippen LogP contribution in [-0.4, -0.2) is 16.3 Å². The van der Waals surface area contributed by atoms with Crippen LogP contribution in [0.3, 0.4) is 0 Å². The molecule has 6 heteroatoms. The Kier molecular flexibility index (Phi) is 2.09. The van der Waals surface area contributed by atoms with Gasteiger partial charge in [-0.2, -0.15) is 0 Å². The summed E-state index contributed by atoms with van der Waals surface area (Å²) < 4.78 is 5.93. The van der Waals surface area contributed by atoms with Gasteiger partial charge < -0.3 is 10.8 Å². The molecule has 0 unspecified atom stereocenters. The highest BCUT2D eigenvalue weighted by molar-refractivity contribution is 5.90. The van der Waals surface area contributed by atoms with Gasteiger partial charge in [0, 0.05) is 6.07 Å². The van der Waals surface area contributed by atoms with Crippen LogP contribution in [0, 0.1) is 0 Å². The van der Waals surface area contributed by atoms with Gasteiger partial charge in [0.15, 0.2) is 0 Å². The molecule has 15 heavy (non-hydrogen) atoms. The maximum atomic E-state index is 10.9. The van der Waals surface area contributed by atoms with Crippen molar-refractivity contribution >= 4 is 11.9 Å². The van der Waals surface area contributed by atoms with Crippen LogP contribution in [-0.2, 0) is 0 Å². The maximum Gasteiger partial charge on any atom is 0.342 e. The number of para-hydroxylation sites is 1. The van der Waals surface area contributed by atoms with Gasteiger partial charge in [0.2, 0.25) is 5.27 Å². The van der Waals surface area contributed by atoms with Crippen LogP contribution in [0.1, 0.15) is 10.4 Å². The zero-order chi connectivity index (χ0) is 10.8. The molecule has 2 rings (SSSR count). The first kappa shape index (κ1) is 9.20. The molecule has 0 radical (unpaired) electrons. The lowest BCUT2D eigenvalue weighted by molar-refractivity contribution is -0.670. The van der Waals surface area contributed by atoms with E-state index in [1.54, 1.807) is 18.2 Å². The molecule has 0 aliphatic rings. The highest BCUT2D eigenvalue weighted by atomic mass is 16.5. The Labute approximate surface area is 84.5 Å². The first-order valence-corrected chi connectivity index (χ1v) is 4.15. The van der Waals surface area contributed by atoms with E-state index >= 15 is 0 Å². The van der Waals surface area contributed by atoms with Gasteiger partial charge in [-0.05, 0) is 10.7 Å². The van der Waals surface area contributed by atoms with Crippen LogP contribution in [0.2, 0.25) is 0 Å². The average Bonchev–Trinajstić information content (AvgIpc) is 2.65. The zero-order valence-electron chi connectivity index (χ0n) is 7.62. The van der Waals surface area contributed by atoms with Crippen LogP contribution in [0.25, 0.3) is 5.69 Å². The predicted molar refractivity (Wildman–Crippen MR) is 49.4 cm³/mol. The molecule has 6 nitrogen and oxygen atoms in total. The number of hydrogen-bond donors (Lipinski definition) is 2. The van der Waals surface area contributed by atoms with Gasteiger partial charge in [-0.3, -0.25) is 4.52 Å². The molecule has 76 valence electrons. The molecule has 0 bridgehead atoms. The van der Waals surface area contributed by atoms with Crippen molar-refractivity contribution in [1.29, 1.82) is 0 Å². The quantitative estimate of drug-likeness (QED) is 0.686. The van der Waals surface area contributed by atoms with Gasteiger partial charge in [-0.25, -0.2) is 4.79 Å². The van der Waals surface area contributed by atoms with Crippen molar-refractivity contribution in [1.82, 2.24) is 5.27 Å². The number of rotatable bonds is 2. The maximum absolute atomic E-state index is 10.9. The molecule has 0 saturated carbocycles. The molecule has 0 aliphatic carbocycles. The van der Waals surface area contributed by atoms with E-state index in [0.29, 0.717) is 5.69 Å². The summed E-state index contributed by atoms with van der Waals surface area (Å²) in [4.78, 5) is 10.9. The van der Waals surface area contributed by atoms with Crippen LogP contribution in [0.15, 0.2) is 35.0 Å². The monoisotopic (exact) mass is 206 g/mol. The lowest BCUT2D eigenvalue weighted by Crippen LogP contribution is -2.33. The van der Waals surface area contributed by atoms with E-state index in [-0.39, 0.29) is 11.4 Å². The number of aromatic nitrogens is 2. The molecule has 0 amide bonds. The number of nitrogen functional groups attached to an aromatic ring is 1. The number of anilines is 1. The number of carbonyl (C=O) groups is 1. The number of aromatic carboxylic acids is 1. The lowest BCUT2D eigenvalue weighted by atomic mass is 10.2. The van der Waals surface area contributed by atoms with Gasteiger partial charge >= 0.3 is 5.97 Å². The van der Waals surface area contributed by atoms with E-state index in [1.165, 1.54) is 16.9 Å². The van der Waals surface area contributed by atoms with Crippen molar-refractivity contribution in [3.8, 4) is 5.69 Å². The summed E-state index contributed by atoms with van der Waals surface area (Å²) in [6, 6.07) is 6.44. The minimum absolute atomic E-state index is 0.121. The average molecular weight is 206 g/mol. The normalized spacial score (nSPS) is 10.1. The van der Waals surface area contributed by atoms with E-state index in [9.17, 15) is 4.79 Å². The lowest BCUT2D eigenvalue weighted by Gasteiger charge is -1.93. The van der Waals surface area contributed by atoms with Gasteiger partial charge in [0.05, 0.1) is 0 Å². The molecule has 0 aliphatic heterocycles. The number of benzene rings is 1. The third kappa shape index (κ3) is 1.64. The van der Waals surface area contributed by atoms with E-state index in [2.05, 4.69) is 9.79 Å². The second-order valence-corrected chi connectivity index (χ2v) is 2.87. The second-order valence-electron chi connectivity index (χ2n) is 2.87. The third-order valence-corrected chi connectivity index (χ3v) is 1.87. The number of carboxylic acids is 1. The summed E-state index contributed by atoms with van der Waals surface area (Å²) in [6.07, 6.45) is 1.40. The molecule has 0 spiro atoms. The molecule has 0 fully saturated rings. The standard InChI is InChI=1S/C9H7N3O3/c10-8-5-12(11-15-8)7-4-2-1-3-6(7)9(13)14/h1-5H,(H2-,10,11,13,14)/p+1. The number of carboxylic acid groups (broad SMARTS) is 1. The summed E-state index contributed by atoms with van der Waals surface area (Å²) in [6.45, 7) is 0. The largest absolute Gasteiger partial charge is 0.477 e. The fourth-order valence-electron chi connectivity index (χ4n) is 1.23. The number of hydrogen-bond acceptors (Lipinski definition) is 4. The molecular formula is C9H8N3O3+. The summed E-state index contributed by atoms with van der Waals surface area (Å²) in [7, 11) is 0. The van der Waals surface area contributed by atoms with Crippen molar-refractivity contribution in [3.63, 3.8) is 0 Å². The molecule has 1 aromatic heterocycles. The molecule has 1 heterocycles. The number of nitrogens with zero attached hydrogens (tertiary/aromatic N) is 2. The van der Waals surface area contributed by atoms with E-state index in [0.717, 1.165) is 0 Å². The minimum atomic E-state index is -1.03. The van der Waals surface area contributed by atoms with Crippen LogP contribution in [0.5, 0.6) is 0 Å². The SMILES string of the molecule is Nc1c[n+](-c2ccccc2C(=O)O)no1. The van der Waals surface area contributed by atoms with Crippen molar-refractivity contribution in [2.75, 3.05) is 5.73 Å². The van der Waals surface area contributed by atoms with E-state index in [4.69, 9.17) is 10.8 Å². The highest BCUT2D eigenvalue weighted by Gasteiger charge is 2.21. The summed E-state index contributed by atoms with van der Waals surface area (Å²) >= 11 is 0. The summed E-state index contributed by atoms with van der Waals surface area (Å²) in [5.74, 6) is -0.908. The molecule has 3 N–H and O–H groups in total. The Balaban J connectivity index is 2.57. The van der Waals surface area contributed by atoms with Crippen molar-refractivity contribution < 1.29 is 19.1 Å². The zero-order valence-corrected chi connectivity index (χ0v) is 7.62. The van der Waals surface area contributed by atoms with Gasteiger partial charge in [0.25, 0.3) is 17.8 Å². The Morgan fingerprint density at radius 3 is 2.80 bits per heavy atom. The Morgan fingerprint density at radius 1 is 1.47 bits per heavy atom. The molecule has 0 saturated heterocycles. The number of nitrogens with two attached hydrogens (primary N) is 1. The smallest absolute Gasteiger partial charge is 0.342 e. The second kappa shape index (κ2) is 3.41. The third-order valence-electron chi connectivity index (χ3n) is 1.87. The van der Waals surface area contributed by atoms with Crippen molar-refractivity contribution in [2.45, 2.75) is 0 Å². The molecule has 0 atom stereocenters. The first-order valence-electron chi connectivity index (χ1n) is 4.15. The summed E-state index contributed by atoms with van der Waals surface area (Å²) in [5, 5.41) is 12.5. The molecule has 2 aromatic rings. The van der Waals surface area contributed by atoms with E-state index in [1.807, 2.05) is 0 Å². The summed E-state index contributed by atoms with van der Waals surface area (Å²) in [5.41, 5.74) is 5.89. The Morgan fingerprint density at radius 2 is 2.20 bits per heavy atom. The van der Waals surface area contributed by atoms with Crippen molar-refractivity contribution in [2.24, 2.45) is 0 Å². The molecular weight excluding hydrogens is 198 g/mol. The minimum Gasteiger partial charge on any atom is -0.477 e.